The van der Waals surface area contributed by atoms with Crippen LogP contribution in [-0.2, 0) is 6.54 Å². The summed E-state index contributed by atoms with van der Waals surface area (Å²) in [6, 6.07) is 4.03. The first kappa shape index (κ1) is 13.3. The minimum atomic E-state index is -0.0684. The van der Waals surface area contributed by atoms with Crippen LogP contribution in [0.2, 0.25) is 0 Å². The average molecular weight is 276 g/mol. The van der Waals surface area contributed by atoms with Gasteiger partial charge in [-0.2, -0.15) is 0 Å². The van der Waals surface area contributed by atoms with E-state index in [4.69, 9.17) is 5.11 Å². The zero-order valence-electron chi connectivity index (χ0n) is 11.5. The third kappa shape index (κ3) is 2.91. The average Bonchev–Trinajstić information content (AvgIpc) is 3.16. The lowest BCUT2D eigenvalue weighted by Crippen LogP contribution is -2.28. The molecule has 0 radical (unpaired) electrons. The molecule has 0 bridgehead atoms. The third-order valence-corrected chi connectivity index (χ3v) is 3.72. The third-order valence-electron chi connectivity index (χ3n) is 3.72. The molecule has 2 aromatic heterocycles. The lowest BCUT2D eigenvalue weighted by atomic mass is 10.2. The van der Waals surface area contributed by atoms with Gasteiger partial charge in [-0.1, -0.05) is 0 Å². The zero-order valence-corrected chi connectivity index (χ0v) is 11.5. The summed E-state index contributed by atoms with van der Waals surface area (Å²) in [6.07, 6.45) is 5.98. The van der Waals surface area contributed by atoms with Crippen LogP contribution in [-0.4, -0.2) is 43.8 Å². The number of nitrogens with one attached hydrogen (secondary N) is 1. The van der Waals surface area contributed by atoms with Crippen molar-refractivity contribution in [2.45, 2.75) is 38.3 Å². The van der Waals surface area contributed by atoms with Gasteiger partial charge in [0.05, 0.1) is 5.69 Å². The largest absolute Gasteiger partial charge is 0.396 e. The molecular formula is C14H20N4O2. The number of hydrogen-bond donors (Lipinski definition) is 2. The van der Waals surface area contributed by atoms with Crippen LogP contribution in [0, 0.1) is 0 Å². The standard InChI is InChI=1S/C14H20N4O2/c19-8-2-1-7-17(12-3-4-12)10-11-9-14(20)18-13(16-11)5-6-15-18/h5-6,9,12,15,19H,1-4,7-8,10H2. The predicted molar refractivity (Wildman–Crippen MR) is 75.6 cm³/mol. The van der Waals surface area contributed by atoms with Gasteiger partial charge in [-0.3, -0.25) is 14.8 Å². The van der Waals surface area contributed by atoms with Gasteiger partial charge in [-0.25, -0.2) is 9.50 Å². The Morgan fingerprint density at radius 3 is 3.05 bits per heavy atom. The van der Waals surface area contributed by atoms with E-state index in [0.717, 1.165) is 25.1 Å². The van der Waals surface area contributed by atoms with Gasteiger partial charge in [-0.15, -0.1) is 0 Å². The number of rotatable bonds is 7. The number of unbranched alkanes of at least 4 members (excludes halogenated alkanes) is 1. The second-order valence-corrected chi connectivity index (χ2v) is 5.37. The highest BCUT2D eigenvalue weighted by atomic mass is 16.2. The van der Waals surface area contributed by atoms with Crippen molar-refractivity contribution in [3.05, 3.63) is 34.4 Å². The van der Waals surface area contributed by atoms with Crippen molar-refractivity contribution in [2.75, 3.05) is 13.2 Å². The molecule has 0 saturated heterocycles. The molecule has 6 nitrogen and oxygen atoms in total. The van der Waals surface area contributed by atoms with Crippen LogP contribution in [0.5, 0.6) is 0 Å². The minimum absolute atomic E-state index is 0.0684. The quantitative estimate of drug-likeness (QED) is 0.732. The van der Waals surface area contributed by atoms with Crippen LogP contribution in [0.25, 0.3) is 5.65 Å². The van der Waals surface area contributed by atoms with Crippen molar-refractivity contribution >= 4 is 5.65 Å². The highest BCUT2D eigenvalue weighted by Crippen LogP contribution is 2.28. The van der Waals surface area contributed by atoms with Crippen LogP contribution >= 0.6 is 0 Å². The Morgan fingerprint density at radius 2 is 2.30 bits per heavy atom. The van der Waals surface area contributed by atoms with Crippen LogP contribution < -0.4 is 5.56 Å². The monoisotopic (exact) mass is 276 g/mol. The molecule has 2 N–H and O–H groups in total. The smallest absolute Gasteiger partial charge is 0.272 e. The second kappa shape index (κ2) is 5.76. The van der Waals surface area contributed by atoms with Gasteiger partial charge < -0.3 is 5.11 Å². The van der Waals surface area contributed by atoms with Gasteiger partial charge in [0.25, 0.3) is 5.56 Å². The normalized spacial score (nSPS) is 15.3. The summed E-state index contributed by atoms with van der Waals surface area (Å²) >= 11 is 0. The molecule has 1 aliphatic rings. The summed E-state index contributed by atoms with van der Waals surface area (Å²) in [5.74, 6) is 0. The lowest BCUT2D eigenvalue weighted by molar-refractivity contribution is 0.227. The Kier molecular flexibility index (Phi) is 3.84. The van der Waals surface area contributed by atoms with Crippen LogP contribution in [0.1, 0.15) is 31.4 Å². The second-order valence-electron chi connectivity index (χ2n) is 5.37. The van der Waals surface area contributed by atoms with E-state index in [9.17, 15) is 4.79 Å². The molecule has 20 heavy (non-hydrogen) atoms. The summed E-state index contributed by atoms with van der Waals surface area (Å²) < 4.78 is 1.44. The number of aliphatic hydroxyl groups excluding tert-OH is 1. The van der Waals surface area contributed by atoms with E-state index in [1.807, 2.05) is 0 Å². The summed E-state index contributed by atoms with van der Waals surface area (Å²) in [6.45, 7) is 1.92. The molecule has 0 atom stereocenters. The molecule has 2 aromatic rings. The predicted octanol–water partition coefficient (Wildman–Crippen LogP) is 0.759. The van der Waals surface area contributed by atoms with Gasteiger partial charge in [0.1, 0.15) is 0 Å². The molecule has 108 valence electrons. The van der Waals surface area contributed by atoms with E-state index in [1.165, 1.54) is 17.4 Å². The fraction of sp³-hybridized carbons (Fsp3) is 0.571. The molecule has 6 heteroatoms. The summed E-state index contributed by atoms with van der Waals surface area (Å²) in [7, 11) is 0. The van der Waals surface area contributed by atoms with Gasteiger partial charge in [0, 0.05) is 37.5 Å². The first-order valence-electron chi connectivity index (χ1n) is 7.19. The summed E-state index contributed by atoms with van der Waals surface area (Å²) in [4.78, 5) is 18.8. The van der Waals surface area contributed by atoms with Crippen molar-refractivity contribution in [3.63, 3.8) is 0 Å². The number of aromatic nitrogens is 3. The molecule has 0 spiro atoms. The Bertz CT molecular complexity index is 629. The lowest BCUT2D eigenvalue weighted by Gasteiger charge is -2.21. The van der Waals surface area contributed by atoms with Crippen molar-refractivity contribution in [1.29, 1.82) is 0 Å². The van der Waals surface area contributed by atoms with Crippen molar-refractivity contribution < 1.29 is 5.11 Å². The van der Waals surface area contributed by atoms with Gasteiger partial charge >= 0.3 is 0 Å². The molecule has 2 heterocycles. The number of aliphatic hydroxyl groups is 1. The number of H-pyrrole nitrogens is 1. The highest BCUT2D eigenvalue weighted by molar-refractivity contribution is 5.36. The molecule has 3 rings (SSSR count). The van der Waals surface area contributed by atoms with Crippen LogP contribution in [0.4, 0.5) is 0 Å². The molecular weight excluding hydrogens is 256 g/mol. The molecule has 0 aliphatic heterocycles. The highest BCUT2D eigenvalue weighted by Gasteiger charge is 2.28. The maximum absolute atomic E-state index is 11.9. The number of aromatic amines is 1. The molecule has 0 amide bonds. The maximum Gasteiger partial charge on any atom is 0.272 e. The zero-order chi connectivity index (χ0) is 13.9. The van der Waals surface area contributed by atoms with Crippen LogP contribution in [0.15, 0.2) is 23.1 Å². The topological polar surface area (TPSA) is 73.6 Å². The van der Waals surface area contributed by atoms with E-state index >= 15 is 0 Å². The molecule has 0 unspecified atom stereocenters. The van der Waals surface area contributed by atoms with Gasteiger partial charge in [-0.05, 0) is 32.2 Å². The first-order valence-corrected chi connectivity index (χ1v) is 7.19. The SMILES string of the molecule is O=c1cc(CN(CCCCO)C2CC2)nc2cc[nH]n12. The van der Waals surface area contributed by atoms with Crippen molar-refractivity contribution in [1.82, 2.24) is 19.5 Å². The van der Waals surface area contributed by atoms with Crippen LogP contribution in [0.3, 0.4) is 0 Å². The number of nitrogens with zero attached hydrogens (tertiary/aromatic N) is 3. The van der Waals surface area contributed by atoms with Crippen molar-refractivity contribution in [2.24, 2.45) is 0 Å². The van der Waals surface area contributed by atoms with Crippen molar-refractivity contribution in [3.8, 4) is 0 Å². The Hall–Kier alpha value is -1.66. The fourth-order valence-electron chi connectivity index (χ4n) is 2.52. The number of hydrogen-bond acceptors (Lipinski definition) is 4. The number of fused-ring (bicyclic) bond motifs is 1. The molecule has 1 aliphatic carbocycles. The summed E-state index contributed by atoms with van der Waals surface area (Å²) in [5, 5.41) is 11.7. The van der Waals surface area contributed by atoms with E-state index < -0.39 is 0 Å². The first-order chi connectivity index (χ1) is 9.78. The van der Waals surface area contributed by atoms with E-state index in [2.05, 4.69) is 15.0 Å². The van der Waals surface area contributed by atoms with Gasteiger partial charge in [0.15, 0.2) is 5.65 Å². The fourth-order valence-corrected chi connectivity index (χ4v) is 2.52. The molecule has 1 fully saturated rings. The van der Waals surface area contributed by atoms with E-state index in [-0.39, 0.29) is 12.2 Å². The van der Waals surface area contributed by atoms with Gasteiger partial charge in [0.2, 0.25) is 0 Å². The Balaban J connectivity index is 1.74. The molecule has 1 saturated carbocycles. The minimum Gasteiger partial charge on any atom is -0.396 e. The van der Waals surface area contributed by atoms with E-state index in [0.29, 0.717) is 18.2 Å². The van der Waals surface area contributed by atoms with E-state index in [1.54, 1.807) is 18.3 Å². The Morgan fingerprint density at radius 1 is 1.45 bits per heavy atom. The molecule has 0 aromatic carbocycles. The Labute approximate surface area is 117 Å². The maximum atomic E-state index is 11.9. The summed E-state index contributed by atoms with van der Waals surface area (Å²) in [5.41, 5.74) is 1.42.